The second-order valence-corrected chi connectivity index (χ2v) is 8.94. The first-order chi connectivity index (χ1) is 15.5. The molecule has 2 aromatic carbocycles. The maximum atomic E-state index is 12.5. The molecule has 0 aromatic heterocycles. The van der Waals surface area contributed by atoms with Crippen molar-refractivity contribution in [3.63, 3.8) is 0 Å². The molecule has 4 nitrogen and oxygen atoms in total. The molecular formula is C26H35Cl2N3O. The predicted molar refractivity (Wildman–Crippen MR) is 137 cm³/mol. The lowest BCUT2D eigenvalue weighted by Gasteiger charge is -2.14. The van der Waals surface area contributed by atoms with Crippen LogP contribution >= 0.6 is 23.2 Å². The molecule has 0 radical (unpaired) electrons. The molecule has 0 spiro atoms. The number of hydrogen-bond acceptors (Lipinski definition) is 3. The first-order valence-electron chi connectivity index (χ1n) is 11.7. The zero-order valence-electron chi connectivity index (χ0n) is 19.0. The number of hydrogen-bond donors (Lipinski definition) is 3. The third kappa shape index (κ3) is 9.22. The largest absolute Gasteiger partial charge is 0.380 e. The molecule has 0 aliphatic carbocycles. The summed E-state index contributed by atoms with van der Waals surface area (Å²) < 4.78 is 0. The molecule has 1 amide bonds. The molecule has 0 atom stereocenters. The average molecular weight is 476 g/mol. The van der Waals surface area contributed by atoms with Crippen molar-refractivity contribution in [3.05, 3.63) is 63.6 Å². The minimum atomic E-state index is -0.344. The molecular weight excluding hydrogens is 441 g/mol. The summed E-state index contributed by atoms with van der Waals surface area (Å²) in [6, 6.07) is 12.7. The zero-order chi connectivity index (χ0) is 23.2. The highest BCUT2D eigenvalue weighted by Gasteiger charge is 2.15. The van der Waals surface area contributed by atoms with Crippen LogP contribution in [-0.4, -0.2) is 18.2 Å². The molecule has 2 aromatic rings. The average Bonchev–Trinajstić information content (AvgIpc) is 2.79. The number of rotatable bonds is 15. The highest BCUT2D eigenvalue weighted by molar-refractivity contribution is 6.45. The quantitative estimate of drug-likeness (QED) is 0.183. The number of halogens is 2. The van der Waals surface area contributed by atoms with Crippen LogP contribution in [-0.2, 0) is 11.3 Å². The smallest absolute Gasteiger partial charge is 0.269 e. The summed E-state index contributed by atoms with van der Waals surface area (Å²) >= 11 is 12.2. The monoisotopic (exact) mass is 475 g/mol. The van der Waals surface area contributed by atoms with Gasteiger partial charge in [-0.25, -0.2) is 0 Å². The van der Waals surface area contributed by atoms with Gasteiger partial charge in [-0.05, 0) is 30.2 Å². The van der Waals surface area contributed by atoms with Crippen molar-refractivity contribution in [1.82, 2.24) is 5.32 Å². The van der Waals surface area contributed by atoms with E-state index in [1.165, 1.54) is 44.9 Å². The van der Waals surface area contributed by atoms with E-state index in [0.717, 1.165) is 24.1 Å². The van der Waals surface area contributed by atoms with E-state index in [0.29, 0.717) is 28.7 Å². The van der Waals surface area contributed by atoms with E-state index >= 15 is 0 Å². The van der Waals surface area contributed by atoms with E-state index < -0.39 is 0 Å². The van der Waals surface area contributed by atoms with Crippen LogP contribution in [0.2, 0.25) is 10.0 Å². The third-order valence-corrected chi connectivity index (χ3v) is 6.06. The molecule has 0 bridgehead atoms. The molecule has 174 valence electrons. The molecule has 0 fully saturated rings. The predicted octanol–water partition coefficient (Wildman–Crippen LogP) is 7.62. The number of nitrogens with one attached hydrogen (secondary N) is 3. The molecule has 6 heteroatoms. The Morgan fingerprint density at radius 3 is 2.25 bits per heavy atom. The van der Waals surface area contributed by atoms with Crippen LogP contribution in [0.25, 0.3) is 0 Å². The lowest BCUT2D eigenvalue weighted by molar-refractivity contribution is -0.114. The van der Waals surface area contributed by atoms with Crippen molar-refractivity contribution < 1.29 is 4.79 Å². The van der Waals surface area contributed by atoms with Gasteiger partial charge in [-0.2, -0.15) is 0 Å². The summed E-state index contributed by atoms with van der Waals surface area (Å²) in [6.07, 6.45) is 11.1. The van der Waals surface area contributed by atoms with Crippen LogP contribution in [0.5, 0.6) is 0 Å². The van der Waals surface area contributed by atoms with E-state index in [9.17, 15) is 4.79 Å². The molecule has 0 aliphatic heterocycles. The molecule has 0 heterocycles. The van der Waals surface area contributed by atoms with Gasteiger partial charge in [-0.1, -0.05) is 106 Å². The van der Waals surface area contributed by atoms with Crippen LogP contribution in [0.1, 0.15) is 75.8 Å². The summed E-state index contributed by atoms with van der Waals surface area (Å²) in [5.41, 5.74) is 2.15. The second kappa shape index (κ2) is 14.9. The Kier molecular flexibility index (Phi) is 12.2. The number of amides is 1. The van der Waals surface area contributed by atoms with Crippen LogP contribution in [0.4, 0.5) is 5.69 Å². The molecule has 2 rings (SSSR count). The van der Waals surface area contributed by atoms with Crippen molar-refractivity contribution in [3.8, 4) is 0 Å². The van der Waals surface area contributed by atoms with Gasteiger partial charge < -0.3 is 10.6 Å². The highest BCUT2D eigenvalue weighted by atomic mass is 35.5. The summed E-state index contributed by atoms with van der Waals surface area (Å²) in [5, 5.41) is 15.7. The number of carbonyl (C=O) groups excluding carboxylic acids is 1. The second-order valence-electron chi connectivity index (χ2n) is 8.09. The van der Waals surface area contributed by atoms with E-state index in [4.69, 9.17) is 28.6 Å². The molecule has 32 heavy (non-hydrogen) atoms. The van der Waals surface area contributed by atoms with E-state index in [-0.39, 0.29) is 11.6 Å². The summed E-state index contributed by atoms with van der Waals surface area (Å²) in [7, 11) is 0. The SMILES string of the molecule is CCCCCCCCCCCNC(=O)C(=N)c1ccccc1NCc1ccc(Cl)cc1Cl. The van der Waals surface area contributed by atoms with Crippen LogP contribution in [0, 0.1) is 5.41 Å². The molecule has 3 N–H and O–H groups in total. The fourth-order valence-corrected chi connectivity index (χ4v) is 4.03. The lowest BCUT2D eigenvalue weighted by atomic mass is 10.1. The fraction of sp³-hybridized carbons (Fsp3) is 0.462. The zero-order valence-corrected chi connectivity index (χ0v) is 20.5. The van der Waals surface area contributed by atoms with Gasteiger partial charge in [-0.15, -0.1) is 0 Å². The minimum Gasteiger partial charge on any atom is -0.380 e. The van der Waals surface area contributed by atoms with Gasteiger partial charge in [0.25, 0.3) is 5.91 Å². The van der Waals surface area contributed by atoms with E-state index in [2.05, 4.69) is 17.6 Å². The molecule has 0 aliphatic rings. The first kappa shape index (κ1) is 26.2. The van der Waals surface area contributed by atoms with Gasteiger partial charge in [0.15, 0.2) is 0 Å². The van der Waals surface area contributed by atoms with Crippen molar-refractivity contribution in [2.45, 2.75) is 71.3 Å². The summed E-state index contributed by atoms with van der Waals surface area (Å²) in [6.45, 7) is 3.31. The Morgan fingerprint density at radius 1 is 0.906 bits per heavy atom. The van der Waals surface area contributed by atoms with Gasteiger partial charge >= 0.3 is 0 Å². The van der Waals surface area contributed by atoms with Gasteiger partial charge in [0.2, 0.25) is 0 Å². The van der Waals surface area contributed by atoms with Gasteiger partial charge in [-0.3, -0.25) is 10.2 Å². The maximum absolute atomic E-state index is 12.5. The first-order valence-corrected chi connectivity index (χ1v) is 12.4. The topological polar surface area (TPSA) is 65.0 Å². The fourth-order valence-electron chi connectivity index (χ4n) is 3.56. The Labute approximate surface area is 202 Å². The standard InChI is InChI=1S/C26H35Cl2N3O/c1-2-3-4-5-6-7-8-9-12-17-30-26(32)25(29)22-13-10-11-14-24(22)31-19-20-15-16-21(27)18-23(20)28/h10-11,13-16,18,29,31H,2-9,12,17,19H2,1H3,(H,30,32). The Bertz CT molecular complexity index is 870. The Balaban J connectivity index is 1.76. The third-order valence-electron chi connectivity index (χ3n) is 5.47. The summed E-state index contributed by atoms with van der Waals surface area (Å²) in [4.78, 5) is 12.5. The van der Waals surface area contributed by atoms with Crippen molar-refractivity contribution in [2.24, 2.45) is 0 Å². The molecule has 0 saturated carbocycles. The molecule has 0 unspecified atom stereocenters. The maximum Gasteiger partial charge on any atom is 0.269 e. The van der Waals surface area contributed by atoms with Crippen LogP contribution < -0.4 is 10.6 Å². The lowest BCUT2D eigenvalue weighted by Crippen LogP contribution is -2.32. The van der Waals surface area contributed by atoms with E-state index in [1.807, 2.05) is 24.3 Å². The highest BCUT2D eigenvalue weighted by Crippen LogP contribution is 2.23. The van der Waals surface area contributed by atoms with Crippen molar-refractivity contribution in [1.29, 1.82) is 5.41 Å². The number of carbonyl (C=O) groups is 1. The number of unbranched alkanes of at least 4 members (excludes halogenated alkanes) is 8. The number of anilines is 1. The van der Waals surface area contributed by atoms with Gasteiger partial charge in [0, 0.05) is 34.4 Å². The van der Waals surface area contributed by atoms with Crippen molar-refractivity contribution >= 4 is 40.5 Å². The van der Waals surface area contributed by atoms with Gasteiger partial charge in [0.1, 0.15) is 5.71 Å². The summed E-state index contributed by atoms with van der Waals surface area (Å²) in [5.74, 6) is -0.344. The van der Waals surface area contributed by atoms with Crippen LogP contribution in [0.15, 0.2) is 42.5 Å². The molecule has 0 saturated heterocycles. The minimum absolute atomic E-state index is 0.0359. The Morgan fingerprint density at radius 2 is 1.56 bits per heavy atom. The number of para-hydroxylation sites is 1. The van der Waals surface area contributed by atoms with E-state index in [1.54, 1.807) is 18.2 Å². The van der Waals surface area contributed by atoms with Gasteiger partial charge in [0.05, 0.1) is 0 Å². The normalized spacial score (nSPS) is 10.7. The van der Waals surface area contributed by atoms with Crippen LogP contribution in [0.3, 0.4) is 0 Å². The van der Waals surface area contributed by atoms with Crippen molar-refractivity contribution in [2.75, 3.05) is 11.9 Å². The Hall–Kier alpha value is -2.04. The number of benzene rings is 2.